The van der Waals surface area contributed by atoms with Crippen LogP contribution in [0.1, 0.15) is 42.1 Å². The first-order valence-corrected chi connectivity index (χ1v) is 11.9. The Morgan fingerprint density at radius 1 is 0.714 bits per heavy atom. The summed E-state index contributed by atoms with van der Waals surface area (Å²) in [4.78, 5) is 36.5. The van der Waals surface area contributed by atoms with E-state index in [1.807, 2.05) is 42.5 Å². The maximum atomic E-state index is 12.3. The molecule has 0 radical (unpaired) electrons. The van der Waals surface area contributed by atoms with E-state index in [1.54, 1.807) is 36.4 Å². The van der Waals surface area contributed by atoms with Crippen molar-refractivity contribution in [1.82, 2.24) is 5.32 Å². The monoisotopic (exact) mass is 472 g/mol. The molecule has 7 nitrogen and oxygen atoms in total. The molecule has 7 heteroatoms. The first-order chi connectivity index (χ1) is 17.0. The van der Waals surface area contributed by atoms with Crippen LogP contribution in [0.25, 0.3) is 0 Å². The van der Waals surface area contributed by atoms with Gasteiger partial charge in [-0.05, 0) is 66.9 Å². The van der Waals surface area contributed by atoms with Crippen LogP contribution in [0.4, 0.5) is 17.1 Å². The molecular weight excluding hydrogens is 440 g/mol. The number of nitrogens with one attached hydrogen (secondary N) is 4. The zero-order chi connectivity index (χ0) is 24.9. The molecule has 182 valence electrons. The standard InChI is InChI=1S/C28H32N4O3/c1-2-3-19-29-28(35)22-10-12-24(13-11-22)32-27(34)20-30-23-14-16-25(17-15-23)31-26(33)18-9-21-7-5-4-6-8-21/h4-8,10-17,30H,2-3,9,18-20H2,1H3,(H,29,35)(H,31,33)(H,32,34). The largest absolute Gasteiger partial charge is 0.376 e. The van der Waals surface area contributed by atoms with Crippen molar-refractivity contribution >= 4 is 34.8 Å². The number of aryl methyl sites for hydroxylation is 1. The molecular formula is C28H32N4O3. The minimum absolute atomic E-state index is 0.0431. The molecule has 3 aromatic rings. The Hall–Kier alpha value is -4.13. The van der Waals surface area contributed by atoms with Crippen LogP contribution in [0, 0.1) is 0 Å². The van der Waals surface area contributed by atoms with Gasteiger partial charge in [-0.25, -0.2) is 0 Å². The summed E-state index contributed by atoms with van der Waals surface area (Å²) in [6, 6.07) is 23.9. The van der Waals surface area contributed by atoms with E-state index in [0.29, 0.717) is 36.3 Å². The molecule has 0 aliphatic carbocycles. The number of hydrogen-bond donors (Lipinski definition) is 4. The molecule has 0 saturated heterocycles. The molecule has 0 aliphatic rings. The van der Waals surface area contributed by atoms with Crippen LogP contribution in [0.15, 0.2) is 78.9 Å². The van der Waals surface area contributed by atoms with Gasteiger partial charge in [0, 0.05) is 35.6 Å². The normalized spacial score (nSPS) is 10.3. The van der Waals surface area contributed by atoms with E-state index in [1.165, 1.54) is 0 Å². The highest BCUT2D eigenvalue weighted by atomic mass is 16.2. The summed E-state index contributed by atoms with van der Waals surface area (Å²) >= 11 is 0. The molecule has 0 aliphatic heterocycles. The summed E-state index contributed by atoms with van der Waals surface area (Å²) < 4.78 is 0. The summed E-state index contributed by atoms with van der Waals surface area (Å²) in [5.41, 5.74) is 3.78. The van der Waals surface area contributed by atoms with Crippen molar-refractivity contribution in [2.75, 3.05) is 29.0 Å². The predicted octanol–water partition coefficient (Wildman–Crippen LogP) is 4.84. The second-order valence-electron chi connectivity index (χ2n) is 8.20. The minimum Gasteiger partial charge on any atom is -0.376 e. The SMILES string of the molecule is CCCCNC(=O)c1ccc(NC(=O)CNc2ccc(NC(=O)CCc3ccccc3)cc2)cc1. The van der Waals surface area contributed by atoms with E-state index in [4.69, 9.17) is 0 Å². The van der Waals surface area contributed by atoms with E-state index in [-0.39, 0.29) is 24.3 Å². The topological polar surface area (TPSA) is 99.3 Å². The molecule has 0 heterocycles. The summed E-state index contributed by atoms with van der Waals surface area (Å²) in [6.45, 7) is 2.81. The summed E-state index contributed by atoms with van der Waals surface area (Å²) in [5.74, 6) is -0.365. The molecule has 3 rings (SSSR count). The smallest absolute Gasteiger partial charge is 0.251 e. The molecule has 0 bridgehead atoms. The molecule has 0 fully saturated rings. The van der Waals surface area contributed by atoms with Crippen molar-refractivity contribution in [3.63, 3.8) is 0 Å². The van der Waals surface area contributed by atoms with E-state index in [9.17, 15) is 14.4 Å². The molecule has 0 saturated carbocycles. The molecule has 0 atom stereocenters. The van der Waals surface area contributed by atoms with E-state index in [2.05, 4.69) is 28.2 Å². The molecule has 0 spiro atoms. The Kier molecular flexibility index (Phi) is 9.87. The van der Waals surface area contributed by atoms with Gasteiger partial charge in [0.2, 0.25) is 11.8 Å². The third kappa shape index (κ3) is 8.97. The molecule has 4 N–H and O–H groups in total. The zero-order valence-electron chi connectivity index (χ0n) is 20.0. The van der Waals surface area contributed by atoms with E-state index < -0.39 is 0 Å². The van der Waals surface area contributed by atoms with Gasteiger partial charge in [0.1, 0.15) is 0 Å². The summed E-state index contributed by atoms with van der Waals surface area (Å²) in [6.07, 6.45) is 3.07. The lowest BCUT2D eigenvalue weighted by Crippen LogP contribution is -2.24. The van der Waals surface area contributed by atoms with Crippen LogP contribution >= 0.6 is 0 Å². The predicted molar refractivity (Wildman–Crippen MR) is 141 cm³/mol. The van der Waals surface area contributed by atoms with Crippen LogP contribution in [0.3, 0.4) is 0 Å². The number of amides is 3. The third-order valence-electron chi connectivity index (χ3n) is 5.35. The van der Waals surface area contributed by atoms with Gasteiger partial charge in [0.15, 0.2) is 0 Å². The van der Waals surface area contributed by atoms with Crippen LogP contribution < -0.4 is 21.3 Å². The fourth-order valence-corrected chi connectivity index (χ4v) is 3.37. The first kappa shape index (κ1) is 25.5. The molecule has 35 heavy (non-hydrogen) atoms. The molecule has 3 amide bonds. The third-order valence-corrected chi connectivity index (χ3v) is 5.35. The number of hydrogen-bond acceptors (Lipinski definition) is 4. The number of carbonyl (C=O) groups excluding carboxylic acids is 3. The number of carbonyl (C=O) groups is 3. The number of rotatable bonds is 12. The lowest BCUT2D eigenvalue weighted by molar-refractivity contribution is -0.116. The van der Waals surface area contributed by atoms with Gasteiger partial charge in [0.05, 0.1) is 6.54 Å². The number of benzene rings is 3. The van der Waals surface area contributed by atoms with Gasteiger partial charge >= 0.3 is 0 Å². The average molecular weight is 473 g/mol. The Balaban J connectivity index is 1.39. The van der Waals surface area contributed by atoms with Crippen molar-refractivity contribution in [3.8, 4) is 0 Å². The average Bonchev–Trinajstić information content (AvgIpc) is 2.88. The van der Waals surface area contributed by atoms with E-state index in [0.717, 1.165) is 24.1 Å². The number of anilines is 3. The highest BCUT2D eigenvalue weighted by Gasteiger charge is 2.07. The zero-order valence-corrected chi connectivity index (χ0v) is 20.0. The van der Waals surface area contributed by atoms with Gasteiger partial charge in [-0.3, -0.25) is 14.4 Å². The number of unbranched alkanes of at least 4 members (excludes halogenated alkanes) is 1. The van der Waals surface area contributed by atoms with Crippen molar-refractivity contribution in [2.24, 2.45) is 0 Å². The van der Waals surface area contributed by atoms with Crippen LogP contribution in [-0.2, 0) is 16.0 Å². The first-order valence-electron chi connectivity index (χ1n) is 11.9. The Morgan fingerprint density at radius 3 is 1.97 bits per heavy atom. The van der Waals surface area contributed by atoms with Crippen molar-refractivity contribution in [1.29, 1.82) is 0 Å². The highest BCUT2D eigenvalue weighted by Crippen LogP contribution is 2.15. The Morgan fingerprint density at radius 2 is 1.31 bits per heavy atom. The van der Waals surface area contributed by atoms with Gasteiger partial charge in [-0.15, -0.1) is 0 Å². The Bertz CT molecular complexity index is 1100. The quantitative estimate of drug-likeness (QED) is 0.284. The molecule has 0 unspecified atom stereocenters. The van der Waals surface area contributed by atoms with Gasteiger partial charge in [-0.1, -0.05) is 43.7 Å². The lowest BCUT2D eigenvalue weighted by Gasteiger charge is -2.10. The summed E-state index contributed by atoms with van der Waals surface area (Å²) in [7, 11) is 0. The second kappa shape index (κ2) is 13.5. The lowest BCUT2D eigenvalue weighted by atomic mass is 10.1. The van der Waals surface area contributed by atoms with Crippen LogP contribution in [0.2, 0.25) is 0 Å². The van der Waals surface area contributed by atoms with Crippen molar-refractivity contribution in [3.05, 3.63) is 90.0 Å². The fourth-order valence-electron chi connectivity index (χ4n) is 3.37. The second-order valence-corrected chi connectivity index (χ2v) is 8.20. The molecule has 0 aromatic heterocycles. The van der Waals surface area contributed by atoms with Crippen molar-refractivity contribution in [2.45, 2.75) is 32.6 Å². The summed E-state index contributed by atoms with van der Waals surface area (Å²) in [5, 5.41) is 11.6. The fraction of sp³-hybridized carbons (Fsp3) is 0.250. The Labute approximate surface area is 206 Å². The van der Waals surface area contributed by atoms with Crippen LogP contribution in [0.5, 0.6) is 0 Å². The van der Waals surface area contributed by atoms with Gasteiger partial charge in [0.25, 0.3) is 5.91 Å². The highest BCUT2D eigenvalue weighted by molar-refractivity contribution is 5.96. The van der Waals surface area contributed by atoms with Crippen LogP contribution in [-0.4, -0.2) is 30.8 Å². The maximum Gasteiger partial charge on any atom is 0.251 e. The molecule has 3 aromatic carbocycles. The van der Waals surface area contributed by atoms with Gasteiger partial charge in [-0.2, -0.15) is 0 Å². The van der Waals surface area contributed by atoms with Crippen molar-refractivity contribution < 1.29 is 14.4 Å². The maximum absolute atomic E-state index is 12.3. The minimum atomic E-state index is -0.205. The van der Waals surface area contributed by atoms with E-state index >= 15 is 0 Å². The van der Waals surface area contributed by atoms with Gasteiger partial charge < -0.3 is 21.3 Å².